The highest BCUT2D eigenvalue weighted by molar-refractivity contribution is 6.08. The van der Waals surface area contributed by atoms with Crippen LogP contribution in [0.25, 0.3) is 11.0 Å². The van der Waals surface area contributed by atoms with Crippen LogP contribution < -0.4 is 4.90 Å². The summed E-state index contributed by atoms with van der Waals surface area (Å²) < 4.78 is 7.14. The van der Waals surface area contributed by atoms with Crippen LogP contribution >= 0.6 is 0 Å². The molecule has 1 aliphatic heterocycles. The van der Waals surface area contributed by atoms with Crippen LogP contribution in [0.5, 0.6) is 11.5 Å². The third-order valence-corrected chi connectivity index (χ3v) is 5.56. The molecule has 0 radical (unpaired) electrons. The Kier molecular flexibility index (Phi) is 5.54. The van der Waals surface area contributed by atoms with Gasteiger partial charge in [0.25, 0.3) is 0 Å². The van der Waals surface area contributed by atoms with Crippen molar-refractivity contribution in [3.05, 3.63) is 48.0 Å². The van der Waals surface area contributed by atoms with Crippen molar-refractivity contribution in [3.63, 3.8) is 0 Å². The van der Waals surface area contributed by atoms with Gasteiger partial charge in [-0.05, 0) is 43.2 Å². The fourth-order valence-corrected chi connectivity index (χ4v) is 4.10. The summed E-state index contributed by atoms with van der Waals surface area (Å²) in [7, 11) is 0. The first-order valence-corrected chi connectivity index (χ1v) is 10.4. The van der Waals surface area contributed by atoms with Crippen LogP contribution in [0.2, 0.25) is 0 Å². The topological polar surface area (TPSA) is 105 Å². The van der Waals surface area contributed by atoms with Crippen LogP contribution in [-0.4, -0.2) is 44.8 Å². The smallest absolute Gasteiger partial charge is 0.321 e. The van der Waals surface area contributed by atoms with Crippen molar-refractivity contribution in [2.24, 2.45) is 5.92 Å². The number of aromatic hydroxyl groups is 2. The Labute approximate surface area is 179 Å². The zero-order chi connectivity index (χ0) is 22.1. The molecule has 4 rings (SSSR count). The van der Waals surface area contributed by atoms with Crippen LogP contribution in [-0.2, 0) is 14.3 Å². The fraction of sp³-hybridized carbons (Fsp3) is 0.348. The van der Waals surface area contributed by atoms with Gasteiger partial charge in [0, 0.05) is 6.54 Å². The number of ether oxygens (including phenoxy) is 1. The minimum atomic E-state index is -1.15. The number of phenolic OH excluding ortho intramolecular Hbond substituents is 2. The van der Waals surface area contributed by atoms with Crippen LogP contribution in [0.4, 0.5) is 5.95 Å². The van der Waals surface area contributed by atoms with Gasteiger partial charge >= 0.3 is 5.97 Å². The summed E-state index contributed by atoms with van der Waals surface area (Å²) in [5, 5.41) is 19.9. The van der Waals surface area contributed by atoms with Crippen molar-refractivity contribution in [1.82, 2.24) is 9.55 Å². The van der Waals surface area contributed by atoms with Gasteiger partial charge in [-0.1, -0.05) is 31.5 Å². The normalized spacial score (nSPS) is 18.3. The summed E-state index contributed by atoms with van der Waals surface area (Å²) in [6, 6.07) is 11.0. The molecule has 1 aromatic heterocycles. The van der Waals surface area contributed by atoms with Crippen LogP contribution in [0.3, 0.4) is 0 Å². The minimum Gasteiger partial charge on any atom is -0.504 e. The lowest BCUT2D eigenvalue weighted by atomic mass is 9.89. The van der Waals surface area contributed by atoms with Gasteiger partial charge < -0.3 is 19.5 Å². The highest BCUT2D eigenvalue weighted by Crippen LogP contribution is 2.42. The molecule has 0 spiro atoms. The van der Waals surface area contributed by atoms with E-state index >= 15 is 0 Å². The molecule has 8 heteroatoms. The second kappa shape index (κ2) is 8.29. The molecule has 0 fully saturated rings. The maximum Gasteiger partial charge on any atom is 0.321 e. The number of carbonyl (C=O) groups excluding carboxylic acids is 2. The lowest BCUT2D eigenvalue weighted by molar-refractivity contribution is -0.153. The lowest BCUT2D eigenvalue weighted by Crippen LogP contribution is -2.50. The molecule has 2 aromatic carbocycles. The SMILES string of the molecule is CCCCN1C(=O)[C@H](C(=O)OCC)[C@@H](c2ccc(O)c(O)c2)n2c1nc1ccccc12. The number of fused-ring (bicyclic) bond motifs is 3. The molecule has 31 heavy (non-hydrogen) atoms. The Bertz CT molecular complexity index is 1140. The quantitative estimate of drug-likeness (QED) is 0.358. The summed E-state index contributed by atoms with van der Waals surface area (Å²) in [5.41, 5.74) is 1.96. The molecule has 0 aliphatic carbocycles. The van der Waals surface area contributed by atoms with Crippen molar-refractivity contribution < 1.29 is 24.5 Å². The van der Waals surface area contributed by atoms with E-state index in [4.69, 9.17) is 9.72 Å². The molecule has 162 valence electrons. The summed E-state index contributed by atoms with van der Waals surface area (Å²) in [5.74, 6) is -2.31. The Hall–Kier alpha value is -3.55. The number of esters is 1. The zero-order valence-electron chi connectivity index (χ0n) is 17.5. The summed E-state index contributed by atoms with van der Waals surface area (Å²) in [6.07, 6.45) is 1.64. The fourth-order valence-electron chi connectivity index (χ4n) is 4.10. The van der Waals surface area contributed by atoms with Crippen molar-refractivity contribution >= 4 is 28.9 Å². The summed E-state index contributed by atoms with van der Waals surface area (Å²) in [6.45, 7) is 4.30. The summed E-state index contributed by atoms with van der Waals surface area (Å²) >= 11 is 0. The first-order chi connectivity index (χ1) is 15.0. The number of phenols is 2. The minimum absolute atomic E-state index is 0.142. The van der Waals surface area contributed by atoms with Gasteiger partial charge in [-0.25, -0.2) is 4.98 Å². The Balaban J connectivity index is 1.99. The largest absolute Gasteiger partial charge is 0.504 e. The molecule has 2 atom stereocenters. The molecule has 0 unspecified atom stereocenters. The second-order valence-electron chi connectivity index (χ2n) is 7.54. The number of carbonyl (C=O) groups is 2. The van der Waals surface area contributed by atoms with Gasteiger partial charge in [-0.3, -0.25) is 14.5 Å². The van der Waals surface area contributed by atoms with E-state index in [1.807, 2.05) is 35.8 Å². The van der Waals surface area contributed by atoms with Crippen LogP contribution in [0.15, 0.2) is 42.5 Å². The van der Waals surface area contributed by atoms with E-state index in [9.17, 15) is 19.8 Å². The molecule has 3 aromatic rings. The van der Waals surface area contributed by atoms with Gasteiger partial charge in [0.1, 0.15) is 0 Å². The number of para-hydroxylation sites is 2. The first kappa shape index (κ1) is 20.7. The maximum atomic E-state index is 13.6. The molecule has 1 amide bonds. The molecule has 2 N–H and O–H groups in total. The van der Waals surface area contributed by atoms with E-state index in [-0.39, 0.29) is 24.0 Å². The van der Waals surface area contributed by atoms with Crippen LogP contribution in [0.1, 0.15) is 38.3 Å². The molecule has 0 saturated carbocycles. The number of benzene rings is 2. The lowest BCUT2D eigenvalue weighted by Gasteiger charge is -2.38. The molecular weight excluding hydrogens is 398 g/mol. The standard InChI is InChI=1S/C23H25N3O5/c1-3-5-12-25-21(29)19(22(30)31-4-2)20(14-10-11-17(27)18(28)13-14)26-16-9-7-6-8-15(16)24-23(25)26/h6-11,13,19-20,27-28H,3-5,12H2,1-2H3/t19-,20-/m1/s1. The number of anilines is 1. The number of hydrogen-bond donors (Lipinski definition) is 2. The predicted molar refractivity (Wildman–Crippen MR) is 115 cm³/mol. The highest BCUT2D eigenvalue weighted by atomic mass is 16.5. The highest BCUT2D eigenvalue weighted by Gasteiger charge is 2.47. The monoisotopic (exact) mass is 423 g/mol. The van der Waals surface area contributed by atoms with E-state index in [2.05, 4.69) is 0 Å². The predicted octanol–water partition coefficient (Wildman–Crippen LogP) is 3.36. The van der Waals surface area contributed by atoms with Gasteiger partial charge in [0.15, 0.2) is 17.4 Å². The van der Waals surface area contributed by atoms with Gasteiger partial charge in [-0.15, -0.1) is 0 Å². The number of aromatic nitrogens is 2. The zero-order valence-corrected chi connectivity index (χ0v) is 17.5. The number of unbranched alkanes of at least 4 members (excludes halogenated alkanes) is 1. The average Bonchev–Trinajstić information content (AvgIpc) is 3.13. The Morgan fingerprint density at radius 2 is 1.90 bits per heavy atom. The molecule has 0 saturated heterocycles. The number of imidazole rings is 1. The Morgan fingerprint density at radius 1 is 1.13 bits per heavy atom. The third kappa shape index (κ3) is 3.48. The maximum absolute atomic E-state index is 13.6. The summed E-state index contributed by atoms with van der Waals surface area (Å²) in [4.78, 5) is 32.9. The molecule has 2 heterocycles. The molecule has 0 bridgehead atoms. The Morgan fingerprint density at radius 3 is 2.61 bits per heavy atom. The third-order valence-electron chi connectivity index (χ3n) is 5.56. The average molecular weight is 423 g/mol. The molecule has 8 nitrogen and oxygen atoms in total. The number of rotatable bonds is 6. The number of hydrogen-bond acceptors (Lipinski definition) is 6. The van der Waals surface area contributed by atoms with Crippen molar-refractivity contribution in [3.8, 4) is 11.5 Å². The van der Waals surface area contributed by atoms with Gasteiger partial charge in [-0.2, -0.15) is 0 Å². The molecule has 1 aliphatic rings. The van der Waals surface area contributed by atoms with Crippen molar-refractivity contribution in [2.75, 3.05) is 18.1 Å². The number of amides is 1. The van der Waals surface area contributed by atoms with Crippen LogP contribution in [0, 0.1) is 5.92 Å². The number of nitrogens with zero attached hydrogens (tertiary/aromatic N) is 3. The van der Waals surface area contributed by atoms with E-state index in [1.165, 1.54) is 12.1 Å². The van der Waals surface area contributed by atoms with Crippen molar-refractivity contribution in [1.29, 1.82) is 0 Å². The first-order valence-electron chi connectivity index (χ1n) is 10.4. The second-order valence-corrected chi connectivity index (χ2v) is 7.54. The van der Waals surface area contributed by atoms with Gasteiger partial charge in [0.05, 0.1) is 23.7 Å². The van der Waals surface area contributed by atoms with E-state index in [1.54, 1.807) is 17.9 Å². The van der Waals surface area contributed by atoms with E-state index < -0.39 is 17.9 Å². The van der Waals surface area contributed by atoms with Gasteiger partial charge in [0.2, 0.25) is 11.9 Å². The van der Waals surface area contributed by atoms with E-state index in [0.717, 1.165) is 18.4 Å². The molecular formula is C23H25N3O5. The van der Waals surface area contributed by atoms with E-state index in [0.29, 0.717) is 23.6 Å². The van der Waals surface area contributed by atoms with Crippen molar-refractivity contribution in [2.45, 2.75) is 32.7 Å².